The summed E-state index contributed by atoms with van der Waals surface area (Å²) in [6.45, 7) is 2.41. The molecule has 0 aliphatic heterocycles. The second kappa shape index (κ2) is 4.18. The van der Waals surface area contributed by atoms with Crippen molar-refractivity contribution in [2.45, 2.75) is 19.9 Å². The van der Waals surface area contributed by atoms with Crippen LogP contribution in [0, 0.1) is 0 Å². The van der Waals surface area contributed by atoms with Gasteiger partial charge in [0.1, 0.15) is 0 Å². The van der Waals surface area contributed by atoms with Gasteiger partial charge in [0.05, 0.1) is 12.2 Å². The SMILES string of the molecule is CCc1ccccc1-n1nnc(CN)n1. The number of para-hydroxylation sites is 1. The van der Waals surface area contributed by atoms with E-state index >= 15 is 0 Å². The molecule has 2 aromatic rings. The number of hydrogen-bond acceptors (Lipinski definition) is 4. The molecule has 1 aromatic heterocycles. The zero-order valence-electron chi connectivity index (χ0n) is 8.59. The number of aromatic nitrogens is 4. The van der Waals surface area contributed by atoms with Gasteiger partial charge in [-0.2, -0.15) is 0 Å². The maximum atomic E-state index is 5.43. The monoisotopic (exact) mass is 203 g/mol. The Hall–Kier alpha value is -1.75. The highest BCUT2D eigenvalue weighted by molar-refractivity contribution is 5.38. The largest absolute Gasteiger partial charge is 0.324 e. The van der Waals surface area contributed by atoms with E-state index < -0.39 is 0 Å². The lowest BCUT2D eigenvalue weighted by atomic mass is 10.1. The number of nitrogens with zero attached hydrogens (tertiary/aromatic N) is 4. The Bertz CT molecular complexity index is 449. The maximum Gasteiger partial charge on any atom is 0.188 e. The van der Waals surface area contributed by atoms with E-state index in [1.165, 1.54) is 10.4 Å². The topological polar surface area (TPSA) is 69.6 Å². The van der Waals surface area contributed by atoms with Crippen molar-refractivity contribution >= 4 is 0 Å². The highest BCUT2D eigenvalue weighted by Crippen LogP contribution is 2.12. The maximum absolute atomic E-state index is 5.43. The van der Waals surface area contributed by atoms with Gasteiger partial charge in [-0.3, -0.25) is 0 Å². The molecular weight excluding hydrogens is 190 g/mol. The first-order chi connectivity index (χ1) is 7.35. The van der Waals surface area contributed by atoms with Gasteiger partial charge in [-0.05, 0) is 23.3 Å². The Kier molecular flexibility index (Phi) is 2.73. The van der Waals surface area contributed by atoms with Crippen LogP contribution in [0.25, 0.3) is 5.69 Å². The normalized spacial score (nSPS) is 10.5. The lowest BCUT2D eigenvalue weighted by Crippen LogP contribution is -2.04. The standard InChI is InChI=1S/C10H13N5/c1-2-8-5-3-4-6-9(8)15-13-10(7-11)12-14-15/h3-6H,2,7,11H2,1H3. The second-order valence-electron chi connectivity index (χ2n) is 3.18. The zero-order valence-corrected chi connectivity index (χ0v) is 8.59. The van der Waals surface area contributed by atoms with E-state index in [-0.39, 0.29) is 0 Å². The summed E-state index contributed by atoms with van der Waals surface area (Å²) in [5.74, 6) is 0.556. The first-order valence-electron chi connectivity index (χ1n) is 4.92. The molecule has 0 fully saturated rings. The summed E-state index contributed by atoms with van der Waals surface area (Å²) in [4.78, 5) is 1.53. The number of aryl methyl sites for hydroxylation is 1. The first-order valence-corrected chi connectivity index (χ1v) is 4.92. The van der Waals surface area contributed by atoms with Crippen LogP contribution in [0.1, 0.15) is 18.3 Å². The number of rotatable bonds is 3. The van der Waals surface area contributed by atoms with Crippen molar-refractivity contribution < 1.29 is 0 Å². The quantitative estimate of drug-likeness (QED) is 0.796. The third-order valence-electron chi connectivity index (χ3n) is 2.23. The van der Waals surface area contributed by atoms with Crippen LogP contribution in [-0.2, 0) is 13.0 Å². The average Bonchev–Trinajstić information content (AvgIpc) is 2.77. The molecule has 15 heavy (non-hydrogen) atoms. The van der Waals surface area contributed by atoms with Crippen LogP contribution in [-0.4, -0.2) is 20.2 Å². The van der Waals surface area contributed by atoms with E-state index in [1.54, 1.807) is 0 Å². The molecule has 2 N–H and O–H groups in total. The van der Waals surface area contributed by atoms with Gasteiger partial charge < -0.3 is 5.73 Å². The molecule has 0 aliphatic carbocycles. The number of benzene rings is 1. The lowest BCUT2D eigenvalue weighted by Gasteiger charge is -2.04. The average molecular weight is 203 g/mol. The summed E-state index contributed by atoms with van der Waals surface area (Å²) in [5, 5.41) is 12.0. The van der Waals surface area contributed by atoms with Crippen molar-refractivity contribution in [1.82, 2.24) is 20.2 Å². The summed E-state index contributed by atoms with van der Waals surface area (Å²) in [6.07, 6.45) is 0.940. The van der Waals surface area contributed by atoms with E-state index in [1.807, 2.05) is 18.2 Å². The summed E-state index contributed by atoms with van der Waals surface area (Å²) in [7, 11) is 0. The van der Waals surface area contributed by atoms with E-state index in [0.29, 0.717) is 12.4 Å². The molecule has 5 nitrogen and oxygen atoms in total. The van der Waals surface area contributed by atoms with Crippen molar-refractivity contribution in [1.29, 1.82) is 0 Å². The lowest BCUT2D eigenvalue weighted by molar-refractivity contribution is 0.710. The van der Waals surface area contributed by atoms with Crippen LogP contribution in [0.15, 0.2) is 24.3 Å². The van der Waals surface area contributed by atoms with Crippen LogP contribution in [0.4, 0.5) is 0 Å². The van der Waals surface area contributed by atoms with Gasteiger partial charge in [-0.15, -0.1) is 15.0 Å². The molecule has 0 aliphatic rings. The molecule has 0 amide bonds. The Labute approximate surface area is 87.9 Å². The minimum Gasteiger partial charge on any atom is -0.324 e. The van der Waals surface area contributed by atoms with E-state index in [9.17, 15) is 0 Å². The van der Waals surface area contributed by atoms with Crippen molar-refractivity contribution in [3.8, 4) is 5.69 Å². The third-order valence-corrected chi connectivity index (χ3v) is 2.23. The summed E-state index contributed by atoms with van der Waals surface area (Å²) in [6, 6.07) is 7.99. The highest BCUT2D eigenvalue weighted by atomic mass is 15.6. The minimum atomic E-state index is 0.314. The predicted octanol–water partition coefficient (Wildman–Crippen LogP) is 0.683. The fourth-order valence-electron chi connectivity index (χ4n) is 1.43. The molecular formula is C10H13N5. The van der Waals surface area contributed by atoms with Crippen LogP contribution in [0.3, 0.4) is 0 Å². The van der Waals surface area contributed by atoms with Crippen molar-refractivity contribution in [2.24, 2.45) is 5.73 Å². The van der Waals surface area contributed by atoms with Crippen LogP contribution < -0.4 is 5.73 Å². The number of hydrogen-bond donors (Lipinski definition) is 1. The molecule has 0 spiro atoms. The zero-order chi connectivity index (χ0) is 10.7. The van der Waals surface area contributed by atoms with Crippen LogP contribution in [0.5, 0.6) is 0 Å². The van der Waals surface area contributed by atoms with Gasteiger partial charge in [0.15, 0.2) is 5.82 Å². The van der Waals surface area contributed by atoms with Crippen LogP contribution in [0.2, 0.25) is 0 Å². The molecule has 2 rings (SSSR count). The Balaban J connectivity index is 2.44. The highest BCUT2D eigenvalue weighted by Gasteiger charge is 2.06. The van der Waals surface area contributed by atoms with Gasteiger partial charge in [0.25, 0.3) is 0 Å². The molecule has 78 valence electrons. The summed E-state index contributed by atoms with van der Waals surface area (Å²) >= 11 is 0. The van der Waals surface area contributed by atoms with E-state index in [0.717, 1.165) is 12.1 Å². The molecule has 1 aromatic carbocycles. The molecule has 0 saturated carbocycles. The molecule has 5 heteroatoms. The van der Waals surface area contributed by atoms with Crippen molar-refractivity contribution in [2.75, 3.05) is 0 Å². The molecule has 0 bridgehead atoms. The van der Waals surface area contributed by atoms with Crippen molar-refractivity contribution in [3.05, 3.63) is 35.7 Å². The summed E-state index contributed by atoms with van der Waals surface area (Å²) < 4.78 is 0. The smallest absolute Gasteiger partial charge is 0.188 e. The van der Waals surface area contributed by atoms with E-state index in [4.69, 9.17) is 5.73 Å². The van der Waals surface area contributed by atoms with Gasteiger partial charge in [-0.1, -0.05) is 25.1 Å². The molecule has 0 radical (unpaired) electrons. The minimum absolute atomic E-state index is 0.314. The molecule has 1 heterocycles. The number of nitrogens with two attached hydrogens (primary N) is 1. The van der Waals surface area contributed by atoms with Crippen LogP contribution >= 0.6 is 0 Å². The summed E-state index contributed by atoms with van der Waals surface area (Å²) in [5.41, 5.74) is 7.59. The third kappa shape index (κ3) is 1.87. The molecule has 0 unspecified atom stereocenters. The Morgan fingerprint density at radius 1 is 1.33 bits per heavy atom. The predicted molar refractivity (Wildman–Crippen MR) is 56.4 cm³/mol. The van der Waals surface area contributed by atoms with Crippen molar-refractivity contribution in [3.63, 3.8) is 0 Å². The van der Waals surface area contributed by atoms with Gasteiger partial charge in [0, 0.05) is 0 Å². The Morgan fingerprint density at radius 3 is 2.80 bits per heavy atom. The van der Waals surface area contributed by atoms with Gasteiger partial charge in [-0.25, -0.2) is 0 Å². The fourth-order valence-corrected chi connectivity index (χ4v) is 1.43. The van der Waals surface area contributed by atoms with E-state index in [2.05, 4.69) is 28.4 Å². The van der Waals surface area contributed by atoms with Gasteiger partial charge >= 0.3 is 0 Å². The molecule has 0 saturated heterocycles. The second-order valence-corrected chi connectivity index (χ2v) is 3.18. The first kappa shape index (κ1) is 9.79. The fraction of sp³-hybridized carbons (Fsp3) is 0.300. The number of tetrazole rings is 1. The molecule has 0 atom stereocenters. The van der Waals surface area contributed by atoms with Gasteiger partial charge in [0.2, 0.25) is 0 Å². The Morgan fingerprint density at radius 2 is 2.13 bits per heavy atom.